The van der Waals surface area contributed by atoms with E-state index in [0.717, 1.165) is 18.4 Å². The van der Waals surface area contributed by atoms with Gasteiger partial charge in [0.2, 0.25) is 0 Å². The number of nitrogens with two attached hydrogens (primary N) is 1. The van der Waals surface area contributed by atoms with Crippen LogP contribution in [0.5, 0.6) is 0 Å². The van der Waals surface area contributed by atoms with E-state index in [4.69, 9.17) is 10.5 Å². The van der Waals surface area contributed by atoms with Crippen molar-refractivity contribution in [1.29, 1.82) is 0 Å². The van der Waals surface area contributed by atoms with Crippen LogP contribution in [0, 0.1) is 0 Å². The summed E-state index contributed by atoms with van der Waals surface area (Å²) in [6.07, 6.45) is -2.30. The number of piperidine rings is 1. The van der Waals surface area contributed by atoms with E-state index in [1.165, 1.54) is 0 Å². The monoisotopic (exact) mass is 291 g/mol. The van der Waals surface area contributed by atoms with Crippen molar-refractivity contribution in [3.63, 3.8) is 0 Å². The first-order valence-corrected chi connectivity index (χ1v) is 6.80. The highest BCUT2D eigenvalue weighted by Gasteiger charge is 2.38. The van der Waals surface area contributed by atoms with Gasteiger partial charge in [-0.05, 0) is 31.3 Å². The van der Waals surface area contributed by atoms with Gasteiger partial charge in [0, 0.05) is 26.7 Å². The molecule has 2 N–H and O–H groups in total. The molecule has 0 unspecified atom stereocenters. The van der Waals surface area contributed by atoms with Crippen LogP contribution in [-0.2, 0) is 4.74 Å². The van der Waals surface area contributed by atoms with E-state index in [1.807, 2.05) is 4.90 Å². The minimum absolute atomic E-state index is 0.0753. The van der Waals surface area contributed by atoms with Crippen LogP contribution in [0.25, 0.3) is 0 Å². The Morgan fingerprint density at radius 3 is 2.45 bits per heavy atom. The lowest BCUT2D eigenvalue weighted by molar-refractivity contribution is -0.0609. The van der Waals surface area contributed by atoms with Gasteiger partial charge in [-0.15, -0.1) is 0 Å². The third-order valence-electron chi connectivity index (χ3n) is 3.87. The Kier molecular flexibility index (Phi) is 4.70. The van der Waals surface area contributed by atoms with Crippen molar-refractivity contribution in [3.05, 3.63) is 11.4 Å². The van der Waals surface area contributed by atoms with E-state index in [2.05, 4.69) is 4.99 Å². The maximum absolute atomic E-state index is 12.8. The average Bonchev–Trinajstić information content (AvgIpc) is 2.45. The molecule has 1 fully saturated rings. The van der Waals surface area contributed by atoms with Gasteiger partial charge in [-0.3, -0.25) is 0 Å². The summed E-state index contributed by atoms with van der Waals surface area (Å²) in [5, 5.41) is 0. The van der Waals surface area contributed by atoms with Gasteiger partial charge >= 0.3 is 6.18 Å². The van der Waals surface area contributed by atoms with Gasteiger partial charge in [0.15, 0.2) is 0 Å². The number of methoxy groups -OCH3 is 1. The van der Waals surface area contributed by atoms with Crippen molar-refractivity contribution in [1.82, 2.24) is 4.90 Å². The molecule has 0 radical (unpaired) electrons. The molecule has 2 heterocycles. The lowest BCUT2D eigenvalue weighted by Crippen LogP contribution is -2.38. The summed E-state index contributed by atoms with van der Waals surface area (Å²) in [4.78, 5) is 5.76. The molecule has 0 bridgehead atoms. The van der Waals surface area contributed by atoms with Gasteiger partial charge in [-0.2, -0.15) is 13.2 Å². The molecule has 114 valence electrons. The van der Waals surface area contributed by atoms with E-state index in [9.17, 15) is 13.2 Å². The smallest absolute Gasteiger partial charge is 0.381 e. The predicted octanol–water partition coefficient (Wildman–Crippen LogP) is 2.06. The first-order chi connectivity index (χ1) is 9.45. The maximum atomic E-state index is 12.8. The van der Waals surface area contributed by atoms with Crippen LogP contribution in [0.15, 0.2) is 16.4 Å². The fourth-order valence-corrected chi connectivity index (χ4v) is 2.64. The lowest BCUT2D eigenvalue weighted by atomic mass is 10.0. The highest BCUT2D eigenvalue weighted by molar-refractivity contribution is 5.91. The quantitative estimate of drug-likeness (QED) is 0.866. The Morgan fingerprint density at radius 1 is 1.30 bits per heavy atom. The molecular formula is C13H20F3N3O. The second-order valence-corrected chi connectivity index (χ2v) is 5.11. The van der Waals surface area contributed by atoms with Gasteiger partial charge in [0.1, 0.15) is 11.5 Å². The average molecular weight is 291 g/mol. The number of halogens is 3. The molecule has 0 aromatic rings. The standard InChI is InChI=1S/C13H20F3N3O/c1-20-10-4-6-19(7-5-10)12-9(8-17)2-3-11(18-12)13(14,15)16/h10H,2-8,17H2,1H3. The highest BCUT2D eigenvalue weighted by Crippen LogP contribution is 2.31. The van der Waals surface area contributed by atoms with Crippen LogP contribution < -0.4 is 5.73 Å². The molecular weight excluding hydrogens is 271 g/mol. The van der Waals surface area contributed by atoms with Crippen molar-refractivity contribution in [2.45, 2.75) is 38.0 Å². The Balaban J connectivity index is 2.18. The maximum Gasteiger partial charge on any atom is 0.429 e. The molecule has 4 nitrogen and oxygen atoms in total. The third-order valence-corrected chi connectivity index (χ3v) is 3.87. The van der Waals surface area contributed by atoms with Crippen LogP contribution in [-0.4, -0.2) is 49.6 Å². The second-order valence-electron chi connectivity index (χ2n) is 5.11. The molecule has 7 heteroatoms. The Bertz CT molecular complexity index is 410. The topological polar surface area (TPSA) is 50.9 Å². The van der Waals surface area contributed by atoms with Crippen molar-refractivity contribution in [2.75, 3.05) is 26.7 Å². The van der Waals surface area contributed by atoms with Crippen LogP contribution in [0.1, 0.15) is 25.7 Å². The first kappa shape index (κ1) is 15.3. The largest absolute Gasteiger partial charge is 0.429 e. The van der Waals surface area contributed by atoms with Gasteiger partial charge < -0.3 is 15.4 Å². The number of rotatable bonds is 3. The van der Waals surface area contributed by atoms with Crippen LogP contribution >= 0.6 is 0 Å². The summed E-state index contributed by atoms with van der Waals surface area (Å²) in [5.41, 5.74) is 5.77. The van der Waals surface area contributed by atoms with E-state index < -0.39 is 11.9 Å². The predicted molar refractivity (Wildman–Crippen MR) is 70.4 cm³/mol. The zero-order valence-corrected chi connectivity index (χ0v) is 11.5. The lowest BCUT2D eigenvalue weighted by Gasteiger charge is -2.35. The van der Waals surface area contributed by atoms with Crippen LogP contribution in [0.2, 0.25) is 0 Å². The zero-order valence-electron chi connectivity index (χ0n) is 11.5. The molecule has 0 atom stereocenters. The summed E-state index contributed by atoms with van der Waals surface area (Å²) in [5.74, 6) is 0.431. The number of alkyl halides is 3. The molecule has 2 rings (SSSR count). The number of likely N-dealkylation sites (tertiary alicyclic amines) is 1. The molecule has 20 heavy (non-hydrogen) atoms. The molecule has 0 aliphatic carbocycles. The van der Waals surface area contributed by atoms with Crippen molar-refractivity contribution < 1.29 is 17.9 Å². The van der Waals surface area contributed by atoms with Gasteiger partial charge in [-0.1, -0.05) is 0 Å². The summed E-state index contributed by atoms with van der Waals surface area (Å²) in [6, 6.07) is 0. The molecule has 0 aromatic heterocycles. The minimum Gasteiger partial charge on any atom is -0.381 e. The summed E-state index contributed by atoms with van der Waals surface area (Å²) >= 11 is 0. The fourth-order valence-electron chi connectivity index (χ4n) is 2.64. The van der Waals surface area contributed by atoms with Gasteiger partial charge in [0.25, 0.3) is 0 Å². The van der Waals surface area contributed by atoms with Gasteiger partial charge in [-0.25, -0.2) is 4.99 Å². The summed E-state index contributed by atoms with van der Waals surface area (Å²) in [6.45, 7) is 1.58. The van der Waals surface area contributed by atoms with E-state index in [1.54, 1.807) is 7.11 Å². The van der Waals surface area contributed by atoms with E-state index in [-0.39, 0.29) is 19.1 Å². The molecule has 2 aliphatic rings. The van der Waals surface area contributed by atoms with Crippen molar-refractivity contribution in [3.8, 4) is 0 Å². The van der Waals surface area contributed by atoms with E-state index in [0.29, 0.717) is 25.3 Å². The third kappa shape index (κ3) is 3.32. The molecule has 0 spiro atoms. The molecule has 1 saturated heterocycles. The van der Waals surface area contributed by atoms with Crippen LogP contribution in [0.4, 0.5) is 13.2 Å². The zero-order chi connectivity index (χ0) is 14.8. The Labute approximate surface area is 116 Å². The summed E-state index contributed by atoms with van der Waals surface area (Å²) < 4.78 is 43.7. The number of hydrogen-bond donors (Lipinski definition) is 1. The summed E-state index contributed by atoms with van der Waals surface area (Å²) in [7, 11) is 1.66. The second kappa shape index (κ2) is 6.13. The SMILES string of the molecule is COC1CCN(C2=C(CN)CCC(C(F)(F)F)=N2)CC1. The first-order valence-electron chi connectivity index (χ1n) is 6.80. The van der Waals surface area contributed by atoms with Crippen molar-refractivity contribution in [2.24, 2.45) is 10.7 Å². The van der Waals surface area contributed by atoms with Crippen LogP contribution in [0.3, 0.4) is 0 Å². The number of aliphatic imine (C=N–C) groups is 1. The molecule has 0 amide bonds. The van der Waals surface area contributed by atoms with Crippen molar-refractivity contribution >= 4 is 5.71 Å². The Morgan fingerprint density at radius 2 is 1.95 bits per heavy atom. The van der Waals surface area contributed by atoms with Gasteiger partial charge in [0.05, 0.1) is 6.10 Å². The highest BCUT2D eigenvalue weighted by atomic mass is 19.4. The normalized spacial score (nSPS) is 22.2. The molecule has 0 saturated carbocycles. The number of hydrogen-bond acceptors (Lipinski definition) is 4. The fraction of sp³-hybridized carbons (Fsp3) is 0.769. The Hall–Kier alpha value is -1.08. The number of nitrogens with zero attached hydrogens (tertiary/aromatic N) is 2. The number of ether oxygens (including phenoxy) is 1. The molecule has 2 aliphatic heterocycles. The molecule has 0 aromatic carbocycles. The van der Waals surface area contributed by atoms with E-state index >= 15 is 0 Å². The minimum atomic E-state index is -4.35.